The van der Waals surface area contributed by atoms with Crippen molar-refractivity contribution in [3.63, 3.8) is 0 Å². The molecule has 0 fully saturated rings. The minimum Gasteiger partial charge on any atom is -0.496 e. The van der Waals surface area contributed by atoms with Gasteiger partial charge in [0.25, 0.3) is 10.0 Å². The van der Waals surface area contributed by atoms with E-state index >= 15 is 0 Å². The SMILES string of the molecule is CCc1cncc(C#Cc2ccccc2NS(=O)(=O)c2ccc(OC)c3cccnc23)c1. The minimum atomic E-state index is -3.93. The van der Waals surface area contributed by atoms with Gasteiger partial charge in [-0.2, -0.15) is 0 Å². The maximum Gasteiger partial charge on any atom is 0.264 e. The number of ether oxygens (including phenoxy) is 1. The Morgan fingerprint density at radius 3 is 2.69 bits per heavy atom. The number of rotatable bonds is 5. The predicted molar refractivity (Wildman–Crippen MR) is 125 cm³/mol. The normalized spacial score (nSPS) is 10.9. The summed E-state index contributed by atoms with van der Waals surface area (Å²) in [6, 6.07) is 15.6. The van der Waals surface area contributed by atoms with E-state index in [1.165, 1.54) is 13.2 Å². The first kappa shape index (κ1) is 21.3. The molecule has 0 unspecified atom stereocenters. The summed E-state index contributed by atoms with van der Waals surface area (Å²) in [6.07, 6.45) is 5.91. The average Bonchev–Trinajstić information content (AvgIpc) is 2.82. The highest BCUT2D eigenvalue weighted by molar-refractivity contribution is 7.93. The van der Waals surface area contributed by atoms with Gasteiger partial charge in [0.05, 0.1) is 18.3 Å². The van der Waals surface area contributed by atoms with E-state index in [4.69, 9.17) is 4.74 Å². The highest BCUT2D eigenvalue weighted by Gasteiger charge is 2.21. The third-order valence-electron chi connectivity index (χ3n) is 4.92. The van der Waals surface area contributed by atoms with Crippen molar-refractivity contribution in [1.82, 2.24) is 9.97 Å². The van der Waals surface area contributed by atoms with Crippen molar-refractivity contribution < 1.29 is 13.2 Å². The molecular formula is C25H21N3O3S. The van der Waals surface area contributed by atoms with Crippen molar-refractivity contribution in [1.29, 1.82) is 0 Å². The van der Waals surface area contributed by atoms with Crippen LogP contribution in [0.25, 0.3) is 10.9 Å². The lowest BCUT2D eigenvalue weighted by Gasteiger charge is -2.13. The Morgan fingerprint density at radius 2 is 1.88 bits per heavy atom. The summed E-state index contributed by atoms with van der Waals surface area (Å²) in [6.45, 7) is 2.05. The zero-order valence-electron chi connectivity index (χ0n) is 17.7. The lowest BCUT2D eigenvalue weighted by Crippen LogP contribution is -2.14. The molecule has 7 heteroatoms. The second-order valence-electron chi connectivity index (χ2n) is 7.00. The van der Waals surface area contributed by atoms with Crippen LogP contribution in [0, 0.1) is 11.8 Å². The first-order valence-corrected chi connectivity index (χ1v) is 11.5. The number of para-hydroxylation sites is 1. The van der Waals surface area contributed by atoms with Crippen molar-refractivity contribution in [2.24, 2.45) is 0 Å². The fourth-order valence-corrected chi connectivity index (χ4v) is 4.53. The fourth-order valence-electron chi connectivity index (χ4n) is 3.29. The fraction of sp³-hybridized carbons (Fsp3) is 0.120. The van der Waals surface area contributed by atoms with Crippen molar-refractivity contribution in [3.8, 4) is 17.6 Å². The molecule has 2 aromatic heterocycles. The van der Waals surface area contributed by atoms with E-state index in [2.05, 4.69) is 33.5 Å². The number of methoxy groups -OCH3 is 1. The molecule has 2 heterocycles. The average molecular weight is 444 g/mol. The number of pyridine rings is 2. The van der Waals surface area contributed by atoms with Crippen LogP contribution in [-0.2, 0) is 16.4 Å². The molecule has 2 aromatic carbocycles. The Labute approximate surface area is 187 Å². The summed E-state index contributed by atoms with van der Waals surface area (Å²) in [7, 11) is -2.39. The second kappa shape index (κ2) is 9.08. The van der Waals surface area contributed by atoms with Gasteiger partial charge in [0.2, 0.25) is 0 Å². The van der Waals surface area contributed by atoms with Gasteiger partial charge in [-0.3, -0.25) is 14.7 Å². The van der Waals surface area contributed by atoms with Crippen LogP contribution in [0.4, 0.5) is 5.69 Å². The Bertz CT molecular complexity index is 1450. The van der Waals surface area contributed by atoms with Crippen LogP contribution < -0.4 is 9.46 Å². The van der Waals surface area contributed by atoms with Crippen LogP contribution in [0.15, 0.2) is 78.1 Å². The molecule has 0 spiro atoms. The van der Waals surface area contributed by atoms with Crippen LogP contribution in [0.2, 0.25) is 0 Å². The Hall–Kier alpha value is -3.89. The van der Waals surface area contributed by atoms with Crippen molar-refractivity contribution >= 4 is 26.6 Å². The molecular weight excluding hydrogens is 422 g/mol. The number of nitrogens with one attached hydrogen (secondary N) is 1. The zero-order valence-corrected chi connectivity index (χ0v) is 18.5. The maximum absolute atomic E-state index is 13.3. The van der Waals surface area contributed by atoms with E-state index in [1.807, 2.05) is 12.1 Å². The number of aryl methyl sites for hydroxylation is 1. The minimum absolute atomic E-state index is 0.0662. The van der Waals surface area contributed by atoms with E-state index in [1.54, 1.807) is 55.0 Å². The molecule has 4 aromatic rings. The Kier molecular flexibility index (Phi) is 6.06. The van der Waals surface area contributed by atoms with E-state index < -0.39 is 10.0 Å². The van der Waals surface area contributed by atoms with Gasteiger partial charge in [0.15, 0.2) is 0 Å². The van der Waals surface area contributed by atoms with Gasteiger partial charge in [-0.25, -0.2) is 8.42 Å². The Morgan fingerprint density at radius 1 is 1.03 bits per heavy atom. The summed E-state index contributed by atoms with van der Waals surface area (Å²) in [4.78, 5) is 8.55. The third-order valence-corrected chi connectivity index (χ3v) is 6.32. The molecule has 0 aliphatic carbocycles. The topological polar surface area (TPSA) is 81.2 Å². The third kappa shape index (κ3) is 4.41. The predicted octanol–water partition coefficient (Wildman–Crippen LogP) is 4.40. The van der Waals surface area contributed by atoms with E-state index in [0.29, 0.717) is 27.9 Å². The van der Waals surface area contributed by atoms with Crippen molar-refractivity contribution in [2.75, 3.05) is 11.8 Å². The molecule has 0 amide bonds. The molecule has 0 radical (unpaired) electrons. The largest absolute Gasteiger partial charge is 0.496 e. The summed E-state index contributed by atoms with van der Waals surface area (Å²) in [5.74, 6) is 6.68. The first-order chi connectivity index (χ1) is 15.5. The van der Waals surface area contributed by atoms with Crippen LogP contribution in [-0.4, -0.2) is 25.5 Å². The van der Waals surface area contributed by atoms with Gasteiger partial charge in [-0.05, 0) is 54.4 Å². The summed E-state index contributed by atoms with van der Waals surface area (Å²) in [5, 5.41) is 0.620. The molecule has 1 N–H and O–H groups in total. The van der Waals surface area contributed by atoms with Gasteiger partial charge >= 0.3 is 0 Å². The number of sulfonamides is 1. The van der Waals surface area contributed by atoms with Crippen LogP contribution >= 0.6 is 0 Å². The van der Waals surface area contributed by atoms with Crippen LogP contribution in [0.1, 0.15) is 23.6 Å². The highest BCUT2D eigenvalue weighted by atomic mass is 32.2. The summed E-state index contributed by atoms with van der Waals surface area (Å²) in [5.41, 5.74) is 3.14. The summed E-state index contributed by atoms with van der Waals surface area (Å²) < 4.78 is 34.6. The molecule has 160 valence electrons. The second-order valence-corrected chi connectivity index (χ2v) is 8.65. The summed E-state index contributed by atoms with van der Waals surface area (Å²) >= 11 is 0. The molecule has 0 aliphatic rings. The van der Waals surface area contributed by atoms with Crippen LogP contribution in [0.3, 0.4) is 0 Å². The molecule has 0 atom stereocenters. The number of anilines is 1. The monoisotopic (exact) mass is 443 g/mol. The quantitative estimate of drug-likeness (QED) is 0.463. The number of benzene rings is 2. The molecule has 4 rings (SSSR count). The first-order valence-electron chi connectivity index (χ1n) is 10.0. The van der Waals surface area contributed by atoms with Crippen molar-refractivity contribution in [3.05, 3.63) is 89.9 Å². The zero-order chi connectivity index (χ0) is 22.6. The van der Waals surface area contributed by atoms with Crippen LogP contribution in [0.5, 0.6) is 5.75 Å². The number of nitrogens with zero attached hydrogens (tertiary/aromatic N) is 2. The smallest absolute Gasteiger partial charge is 0.264 e. The standard InChI is InChI=1S/C25H21N3O3S/c1-3-18-15-19(17-26-16-18)10-11-20-7-4-5-9-22(20)28-32(29,30)24-13-12-23(31-2)21-8-6-14-27-25(21)24/h4-9,12-17,28H,3H2,1-2H3. The molecule has 0 saturated heterocycles. The van der Waals surface area contributed by atoms with Crippen molar-refractivity contribution in [2.45, 2.75) is 18.2 Å². The number of hydrogen-bond donors (Lipinski definition) is 1. The molecule has 0 saturated carbocycles. The molecule has 32 heavy (non-hydrogen) atoms. The number of fused-ring (bicyclic) bond motifs is 1. The van der Waals surface area contributed by atoms with Gasteiger partial charge in [0.1, 0.15) is 10.6 Å². The highest BCUT2D eigenvalue weighted by Crippen LogP contribution is 2.30. The van der Waals surface area contributed by atoms with E-state index in [0.717, 1.165) is 17.5 Å². The maximum atomic E-state index is 13.3. The van der Waals surface area contributed by atoms with Gasteiger partial charge in [-0.1, -0.05) is 30.9 Å². The van der Waals surface area contributed by atoms with E-state index in [9.17, 15) is 8.42 Å². The lowest BCUT2D eigenvalue weighted by molar-refractivity contribution is 0.419. The number of aromatic nitrogens is 2. The molecule has 0 bridgehead atoms. The van der Waals surface area contributed by atoms with E-state index in [-0.39, 0.29) is 4.90 Å². The Balaban J connectivity index is 1.72. The number of hydrogen-bond acceptors (Lipinski definition) is 5. The molecule has 0 aliphatic heterocycles. The van der Waals surface area contributed by atoms with Gasteiger partial charge < -0.3 is 4.74 Å². The van der Waals surface area contributed by atoms with Gasteiger partial charge in [0, 0.05) is 35.1 Å². The van der Waals surface area contributed by atoms with Gasteiger partial charge in [-0.15, -0.1) is 0 Å². The molecule has 6 nitrogen and oxygen atoms in total. The lowest BCUT2D eigenvalue weighted by atomic mass is 10.1.